The molecule has 0 saturated carbocycles. The predicted octanol–water partition coefficient (Wildman–Crippen LogP) is 3.93. The number of halogens is 2. The number of rotatable bonds is 4. The minimum absolute atomic E-state index is 0.657. The zero-order chi connectivity index (χ0) is 9.68. The molecule has 1 atom stereocenters. The van der Waals surface area contributed by atoms with Crippen molar-refractivity contribution in [1.82, 2.24) is 0 Å². The lowest BCUT2D eigenvalue weighted by atomic mass is 10.3. The van der Waals surface area contributed by atoms with Crippen LogP contribution in [0.4, 0.5) is 0 Å². The lowest BCUT2D eigenvalue weighted by Gasteiger charge is -2.06. The lowest BCUT2D eigenvalue weighted by molar-refractivity contribution is 0.312. The Bertz CT molecular complexity index is 246. The Kier molecular flexibility index (Phi) is 4.88. The Balaban J connectivity index is 2.33. The Labute approximate surface area is 97.6 Å². The van der Waals surface area contributed by atoms with Crippen molar-refractivity contribution in [1.29, 1.82) is 0 Å². The summed E-state index contributed by atoms with van der Waals surface area (Å²) in [5, 5.41) is 0.745. The highest BCUT2D eigenvalue weighted by molar-refractivity contribution is 14.1. The van der Waals surface area contributed by atoms with Gasteiger partial charge in [-0.3, -0.25) is 0 Å². The summed E-state index contributed by atoms with van der Waals surface area (Å²) < 4.78 is 6.17. The monoisotopic (exact) mass is 310 g/mol. The molecule has 0 aromatic heterocycles. The van der Waals surface area contributed by atoms with Crippen LogP contribution in [0.15, 0.2) is 24.3 Å². The van der Waals surface area contributed by atoms with Gasteiger partial charge in [0.1, 0.15) is 5.75 Å². The van der Waals surface area contributed by atoms with Gasteiger partial charge in [0.25, 0.3) is 0 Å². The van der Waals surface area contributed by atoms with E-state index < -0.39 is 0 Å². The Morgan fingerprint density at radius 1 is 1.38 bits per heavy atom. The summed E-state index contributed by atoms with van der Waals surface area (Å²) in [5.41, 5.74) is 0. The normalized spacial score (nSPS) is 12.5. The highest BCUT2D eigenvalue weighted by Crippen LogP contribution is 2.16. The van der Waals surface area contributed by atoms with Crippen molar-refractivity contribution >= 4 is 34.2 Å². The fourth-order valence-corrected chi connectivity index (χ4v) is 1.25. The summed E-state index contributed by atoms with van der Waals surface area (Å²) >= 11 is 8.13. The van der Waals surface area contributed by atoms with E-state index in [-0.39, 0.29) is 0 Å². The largest absolute Gasteiger partial charge is 0.494 e. The summed E-state index contributed by atoms with van der Waals surface area (Å²) in [6, 6.07) is 7.45. The van der Waals surface area contributed by atoms with Crippen molar-refractivity contribution < 1.29 is 4.74 Å². The van der Waals surface area contributed by atoms with Gasteiger partial charge in [-0.1, -0.05) is 41.1 Å². The number of ether oxygens (including phenoxy) is 1. The van der Waals surface area contributed by atoms with E-state index in [1.54, 1.807) is 0 Å². The van der Waals surface area contributed by atoms with Gasteiger partial charge in [-0.2, -0.15) is 0 Å². The molecule has 0 N–H and O–H groups in total. The number of alkyl halides is 1. The van der Waals surface area contributed by atoms with Crippen LogP contribution in [0.1, 0.15) is 13.3 Å². The molecule has 0 aliphatic heterocycles. The first kappa shape index (κ1) is 11.1. The van der Waals surface area contributed by atoms with Gasteiger partial charge in [0.15, 0.2) is 0 Å². The van der Waals surface area contributed by atoms with Gasteiger partial charge in [-0.15, -0.1) is 0 Å². The highest BCUT2D eigenvalue weighted by atomic mass is 127. The Hall–Kier alpha value is 0.0400. The molecule has 0 heterocycles. The number of benzene rings is 1. The van der Waals surface area contributed by atoms with E-state index in [9.17, 15) is 0 Å². The van der Waals surface area contributed by atoms with Crippen LogP contribution >= 0.6 is 34.2 Å². The maximum absolute atomic E-state index is 5.74. The van der Waals surface area contributed by atoms with Crippen LogP contribution in [0.25, 0.3) is 0 Å². The third-order valence-electron chi connectivity index (χ3n) is 1.60. The van der Waals surface area contributed by atoms with Crippen LogP contribution < -0.4 is 4.74 Å². The first-order valence-corrected chi connectivity index (χ1v) is 5.83. The number of hydrogen-bond donors (Lipinski definition) is 0. The predicted molar refractivity (Wildman–Crippen MR) is 65.0 cm³/mol. The van der Waals surface area contributed by atoms with E-state index in [2.05, 4.69) is 29.5 Å². The number of hydrogen-bond acceptors (Lipinski definition) is 1. The molecule has 0 fully saturated rings. The minimum Gasteiger partial charge on any atom is -0.494 e. The average Bonchev–Trinajstić information content (AvgIpc) is 2.08. The van der Waals surface area contributed by atoms with E-state index >= 15 is 0 Å². The van der Waals surface area contributed by atoms with E-state index in [0.29, 0.717) is 3.92 Å². The molecule has 1 aromatic carbocycles. The van der Waals surface area contributed by atoms with Gasteiger partial charge < -0.3 is 4.74 Å². The Morgan fingerprint density at radius 2 is 2.00 bits per heavy atom. The highest BCUT2D eigenvalue weighted by Gasteiger charge is 1.97. The molecule has 0 aliphatic rings. The van der Waals surface area contributed by atoms with Crippen LogP contribution in [-0.4, -0.2) is 10.5 Å². The molecule has 0 radical (unpaired) electrons. The van der Waals surface area contributed by atoms with Crippen LogP contribution in [0.3, 0.4) is 0 Å². The van der Waals surface area contributed by atoms with Crippen molar-refractivity contribution in [3.63, 3.8) is 0 Å². The van der Waals surface area contributed by atoms with Gasteiger partial charge in [-0.25, -0.2) is 0 Å². The minimum atomic E-state index is 0.657. The molecule has 0 aliphatic carbocycles. The standard InChI is InChI=1S/C10H12ClIO/c1-8(12)6-7-13-10-4-2-9(11)3-5-10/h2-5,8H,6-7H2,1H3. The summed E-state index contributed by atoms with van der Waals surface area (Å²) in [5.74, 6) is 0.890. The topological polar surface area (TPSA) is 9.23 Å². The van der Waals surface area contributed by atoms with E-state index in [0.717, 1.165) is 23.8 Å². The quantitative estimate of drug-likeness (QED) is 0.605. The molecule has 0 bridgehead atoms. The first-order valence-electron chi connectivity index (χ1n) is 4.21. The molecule has 0 spiro atoms. The van der Waals surface area contributed by atoms with Gasteiger partial charge in [0.2, 0.25) is 0 Å². The molecule has 1 rings (SSSR count). The van der Waals surface area contributed by atoms with Crippen molar-refractivity contribution in [3.8, 4) is 5.75 Å². The average molecular weight is 311 g/mol. The van der Waals surface area contributed by atoms with Crippen LogP contribution in [0, 0.1) is 0 Å². The van der Waals surface area contributed by atoms with E-state index in [4.69, 9.17) is 16.3 Å². The van der Waals surface area contributed by atoms with Crippen molar-refractivity contribution in [2.24, 2.45) is 0 Å². The molecular weight excluding hydrogens is 298 g/mol. The van der Waals surface area contributed by atoms with Crippen molar-refractivity contribution in [3.05, 3.63) is 29.3 Å². The van der Waals surface area contributed by atoms with Crippen molar-refractivity contribution in [2.45, 2.75) is 17.3 Å². The maximum Gasteiger partial charge on any atom is 0.119 e. The summed E-state index contributed by atoms with van der Waals surface area (Å²) in [4.78, 5) is 0. The second-order valence-corrected chi connectivity index (χ2v) is 5.43. The fraction of sp³-hybridized carbons (Fsp3) is 0.400. The lowest BCUT2D eigenvalue weighted by Crippen LogP contribution is -2.02. The Morgan fingerprint density at radius 3 is 2.54 bits per heavy atom. The summed E-state index contributed by atoms with van der Waals surface area (Å²) in [6.07, 6.45) is 1.07. The second kappa shape index (κ2) is 5.70. The second-order valence-electron chi connectivity index (χ2n) is 2.87. The molecule has 1 nitrogen and oxygen atoms in total. The zero-order valence-electron chi connectivity index (χ0n) is 7.47. The van der Waals surface area contributed by atoms with E-state index in [1.807, 2.05) is 24.3 Å². The SMILES string of the molecule is CC(I)CCOc1ccc(Cl)cc1. The molecule has 0 amide bonds. The molecular formula is C10H12ClIO. The van der Waals surface area contributed by atoms with Crippen molar-refractivity contribution in [2.75, 3.05) is 6.61 Å². The first-order chi connectivity index (χ1) is 6.18. The fourth-order valence-electron chi connectivity index (χ4n) is 0.870. The molecule has 3 heteroatoms. The molecule has 0 saturated heterocycles. The summed E-state index contributed by atoms with van der Waals surface area (Å²) in [6.45, 7) is 2.94. The zero-order valence-corrected chi connectivity index (χ0v) is 10.4. The smallest absolute Gasteiger partial charge is 0.119 e. The van der Waals surface area contributed by atoms with Crippen LogP contribution in [-0.2, 0) is 0 Å². The van der Waals surface area contributed by atoms with Crippen LogP contribution in [0.2, 0.25) is 5.02 Å². The maximum atomic E-state index is 5.74. The molecule has 1 unspecified atom stereocenters. The van der Waals surface area contributed by atoms with Crippen LogP contribution in [0.5, 0.6) is 5.75 Å². The third-order valence-corrected chi connectivity index (χ3v) is 2.47. The van der Waals surface area contributed by atoms with Gasteiger partial charge in [0.05, 0.1) is 6.61 Å². The molecule has 72 valence electrons. The van der Waals surface area contributed by atoms with Gasteiger partial charge in [-0.05, 0) is 30.7 Å². The van der Waals surface area contributed by atoms with Gasteiger partial charge in [0, 0.05) is 8.95 Å². The third kappa shape index (κ3) is 4.72. The van der Waals surface area contributed by atoms with Gasteiger partial charge >= 0.3 is 0 Å². The molecule has 1 aromatic rings. The summed E-state index contributed by atoms with van der Waals surface area (Å²) in [7, 11) is 0. The van der Waals surface area contributed by atoms with E-state index in [1.165, 1.54) is 0 Å². The molecule has 13 heavy (non-hydrogen) atoms.